The van der Waals surface area contributed by atoms with Crippen molar-refractivity contribution in [3.63, 3.8) is 0 Å². The van der Waals surface area contributed by atoms with Gasteiger partial charge in [0.25, 0.3) is 0 Å². The third-order valence-corrected chi connectivity index (χ3v) is 4.12. The molecular formula is C18H26N2O3. The van der Waals surface area contributed by atoms with Gasteiger partial charge in [0.2, 0.25) is 11.8 Å². The van der Waals surface area contributed by atoms with Crippen molar-refractivity contribution in [2.75, 3.05) is 31.2 Å². The average Bonchev–Trinajstić information content (AvgIpc) is 2.96. The summed E-state index contributed by atoms with van der Waals surface area (Å²) in [6, 6.07) is 7.98. The van der Waals surface area contributed by atoms with Gasteiger partial charge in [-0.3, -0.25) is 9.59 Å². The summed E-state index contributed by atoms with van der Waals surface area (Å²) in [5.74, 6) is -0.285. The Morgan fingerprint density at radius 3 is 2.70 bits per heavy atom. The fraction of sp³-hybridized carbons (Fsp3) is 0.556. The third-order valence-electron chi connectivity index (χ3n) is 4.12. The van der Waals surface area contributed by atoms with E-state index in [9.17, 15) is 9.59 Å². The predicted molar refractivity (Wildman–Crippen MR) is 90.4 cm³/mol. The van der Waals surface area contributed by atoms with Gasteiger partial charge in [-0.15, -0.1) is 0 Å². The Bertz CT molecular complexity index is 528. The average molecular weight is 318 g/mol. The highest BCUT2D eigenvalue weighted by Gasteiger charge is 2.34. The number of amides is 2. The Morgan fingerprint density at radius 1 is 1.30 bits per heavy atom. The van der Waals surface area contributed by atoms with Crippen LogP contribution in [0.2, 0.25) is 0 Å². The van der Waals surface area contributed by atoms with E-state index < -0.39 is 0 Å². The highest BCUT2D eigenvalue weighted by molar-refractivity contribution is 6.00. The van der Waals surface area contributed by atoms with Crippen LogP contribution < -0.4 is 10.2 Å². The lowest BCUT2D eigenvalue weighted by atomic mass is 10.1. The molecule has 1 N–H and O–H groups in total. The maximum atomic E-state index is 12.2. The first-order valence-corrected chi connectivity index (χ1v) is 8.40. The van der Waals surface area contributed by atoms with E-state index in [0.717, 1.165) is 18.5 Å². The number of anilines is 1. The maximum absolute atomic E-state index is 12.2. The molecule has 1 saturated heterocycles. The Morgan fingerprint density at radius 2 is 2.04 bits per heavy atom. The van der Waals surface area contributed by atoms with Crippen molar-refractivity contribution in [2.45, 2.75) is 33.1 Å². The molecule has 0 saturated carbocycles. The Balaban J connectivity index is 1.84. The largest absolute Gasteiger partial charge is 0.382 e. The van der Waals surface area contributed by atoms with Crippen LogP contribution in [0.1, 0.15) is 32.3 Å². The van der Waals surface area contributed by atoms with Gasteiger partial charge < -0.3 is 15.0 Å². The van der Waals surface area contributed by atoms with E-state index >= 15 is 0 Å². The first-order valence-electron chi connectivity index (χ1n) is 8.40. The molecule has 0 spiro atoms. The molecular weight excluding hydrogens is 292 g/mol. The summed E-state index contributed by atoms with van der Waals surface area (Å²) in [4.78, 5) is 26.1. The molecule has 1 unspecified atom stereocenters. The minimum absolute atomic E-state index is 0.0173. The summed E-state index contributed by atoms with van der Waals surface area (Å²) < 4.78 is 5.24. The second-order valence-electron chi connectivity index (χ2n) is 5.77. The number of hydrogen-bond donors (Lipinski definition) is 1. The van der Waals surface area contributed by atoms with E-state index in [1.54, 1.807) is 4.90 Å². The zero-order valence-corrected chi connectivity index (χ0v) is 14.0. The molecule has 1 atom stereocenters. The van der Waals surface area contributed by atoms with Crippen LogP contribution in [0.4, 0.5) is 5.69 Å². The number of carbonyl (C=O) groups excluding carboxylic acids is 2. The number of benzene rings is 1. The molecule has 1 aliphatic heterocycles. The first-order chi connectivity index (χ1) is 11.2. The van der Waals surface area contributed by atoms with Crippen molar-refractivity contribution in [2.24, 2.45) is 5.92 Å². The number of carbonyl (C=O) groups is 2. The van der Waals surface area contributed by atoms with Crippen LogP contribution in [0.15, 0.2) is 24.3 Å². The minimum Gasteiger partial charge on any atom is -0.382 e. The Labute approximate surface area is 138 Å². The molecule has 23 heavy (non-hydrogen) atoms. The molecule has 1 aromatic rings. The van der Waals surface area contributed by atoms with Crippen LogP contribution >= 0.6 is 0 Å². The molecule has 0 bridgehead atoms. The van der Waals surface area contributed by atoms with E-state index in [2.05, 4.69) is 12.2 Å². The molecule has 5 heteroatoms. The van der Waals surface area contributed by atoms with Gasteiger partial charge in [-0.1, -0.05) is 19.1 Å². The van der Waals surface area contributed by atoms with Crippen molar-refractivity contribution in [1.82, 2.24) is 5.32 Å². The molecule has 0 radical (unpaired) electrons. The van der Waals surface area contributed by atoms with Crippen molar-refractivity contribution in [3.8, 4) is 0 Å². The molecule has 1 aliphatic rings. The van der Waals surface area contributed by atoms with Gasteiger partial charge in [0.05, 0.1) is 5.92 Å². The standard InChI is InChI=1S/C18H26N2O3/c1-3-14-6-8-16(9-7-14)20-13-15(12-17(20)21)18(22)19-10-5-11-23-4-2/h6-9,15H,3-5,10-13H2,1-2H3,(H,19,22). The highest BCUT2D eigenvalue weighted by atomic mass is 16.5. The zero-order valence-electron chi connectivity index (χ0n) is 14.0. The number of nitrogens with zero attached hydrogens (tertiary/aromatic N) is 1. The van der Waals surface area contributed by atoms with Gasteiger partial charge in [-0.25, -0.2) is 0 Å². The number of nitrogens with one attached hydrogen (secondary N) is 1. The molecule has 0 aromatic heterocycles. The molecule has 0 aliphatic carbocycles. The molecule has 1 heterocycles. The minimum atomic E-state index is -0.263. The van der Waals surface area contributed by atoms with Crippen molar-refractivity contribution in [1.29, 1.82) is 0 Å². The van der Waals surface area contributed by atoms with Gasteiger partial charge in [-0.05, 0) is 37.5 Å². The Kier molecular flexibility index (Phi) is 6.59. The van der Waals surface area contributed by atoms with Gasteiger partial charge in [0, 0.05) is 38.4 Å². The third kappa shape index (κ3) is 4.79. The maximum Gasteiger partial charge on any atom is 0.227 e. The van der Waals surface area contributed by atoms with Crippen LogP contribution in [0.3, 0.4) is 0 Å². The predicted octanol–water partition coefficient (Wildman–Crippen LogP) is 2.14. The fourth-order valence-corrected chi connectivity index (χ4v) is 2.72. The topological polar surface area (TPSA) is 58.6 Å². The first kappa shape index (κ1) is 17.5. The van der Waals surface area contributed by atoms with E-state index in [1.165, 1.54) is 5.56 Å². The number of rotatable bonds is 8. The SMILES string of the molecule is CCOCCCNC(=O)C1CC(=O)N(c2ccc(CC)cc2)C1. The molecule has 126 valence electrons. The number of ether oxygens (including phenoxy) is 1. The lowest BCUT2D eigenvalue weighted by Gasteiger charge is -2.17. The lowest BCUT2D eigenvalue weighted by Crippen LogP contribution is -2.33. The van der Waals surface area contributed by atoms with E-state index in [1.807, 2.05) is 31.2 Å². The van der Waals surface area contributed by atoms with Crippen LogP contribution in [0.25, 0.3) is 0 Å². The summed E-state index contributed by atoms with van der Waals surface area (Å²) in [6.45, 7) is 6.44. The second-order valence-corrected chi connectivity index (χ2v) is 5.77. The molecule has 1 aromatic carbocycles. The second kappa shape index (κ2) is 8.67. The Hall–Kier alpha value is -1.88. The van der Waals surface area contributed by atoms with E-state index in [-0.39, 0.29) is 24.2 Å². The van der Waals surface area contributed by atoms with Gasteiger partial charge >= 0.3 is 0 Å². The van der Waals surface area contributed by atoms with Gasteiger partial charge in [0.1, 0.15) is 0 Å². The summed E-state index contributed by atoms with van der Waals surface area (Å²) in [5.41, 5.74) is 2.11. The zero-order chi connectivity index (χ0) is 16.7. The fourth-order valence-electron chi connectivity index (χ4n) is 2.72. The summed E-state index contributed by atoms with van der Waals surface area (Å²) in [7, 11) is 0. The quantitative estimate of drug-likeness (QED) is 0.747. The van der Waals surface area contributed by atoms with Crippen molar-refractivity contribution >= 4 is 17.5 Å². The summed E-state index contributed by atoms with van der Waals surface area (Å²) in [6.07, 6.45) is 2.05. The highest BCUT2D eigenvalue weighted by Crippen LogP contribution is 2.25. The summed E-state index contributed by atoms with van der Waals surface area (Å²) in [5, 5.41) is 2.90. The van der Waals surface area contributed by atoms with Crippen LogP contribution in [-0.2, 0) is 20.7 Å². The molecule has 2 rings (SSSR count). The lowest BCUT2D eigenvalue weighted by molar-refractivity contribution is -0.126. The van der Waals surface area contributed by atoms with Crippen molar-refractivity contribution in [3.05, 3.63) is 29.8 Å². The van der Waals surface area contributed by atoms with Crippen LogP contribution in [0.5, 0.6) is 0 Å². The van der Waals surface area contributed by atoms with Crippen LogP contribution in [0, 0.1) is 5.92 Å². The number of aryl methyl sites for hydroxylation is 1. The monoisotopic (exact) mass is 318 g/mol. The van der Waals surface area contributed by atoms with Gasteiger partial charge in [0.15, 0.2) is 0 Å². The smallest absolute Gasteiger partial charge is 0.227 e. The van der Waals surface area contributed by atoms with Crippen molar-refractivity contribution < 1.29 is 14.3 Å². The van der Waals surface area contributed by atoms with Crippen LogP contribution in [-0.4, -0.2) is 38.1 Å². The molecule has 5 nitrogen and oxygen atoms in total. The number of hydrogen-bond acceptors (Lipinski definition) is 3. The van der Waals surface area contributed by atoms with E-state index in [4.69, 9.17) is 4.74 Å². The normalized spacial score (nSPS) is 17.6. The van der Waals surface area contributed by atoms with Gasteiger partial charge in [-0.2, -0.15) is 0 Å². The summed E-state index contributed by atoms with van der Waals surface area (Å²) >= 11 is 0. The van der Waals surface area contributed by atoms with E-state index in [0.29, 0.717) is 26.3 Å². The molecule has 1 fully saturated rings. The molecule has 2 amide bonds.